The zero-order valence-electron chi connectivity index (χ0n) is 14.6. The molecule has 0 aliphatic carbocycles. The Hall–Kier alpha value is -3.46. The molecule has 150 valence electrons. The first-order valence-corrected chi connectivity index (χ1v) is 8.65. The van der Waals surface area contributed by atoms with Gasteiger partial charge in [0.2, 0.25) is 5.88 Å². The molecule has 1 atom stereocenters. The number of carboxylic acid groups (broad SMARTS) is 1. The molecule has 7 nitrogen and oxygen atoms in total. The summed E-state index contributed by atoms with van der Waals surface area (Å²) in [5, 5.41) is 25.4. The number of para-hydroxylation sites is 1. The van der Waals surface area contributed by atoms with Crippen LogP contribution in [0.5, 0.6) is 5.88 Å². The van der Waals surface area contributed by atoms with Crippen LogP contribution in [0, 0.1) is 11.6 Å². The highest BCUT2D eigenvalue weighted by atomic mass is 35.5. The van der Waals surface area contributed by atoms with E-state index < -0.39 is 41.9 Å². The minimum Gasteiger partial charge on any atom is -0.493 e. The van der Waals surface area contributed by atoms with Crippen molar-refractivity contribution in [1.29, 1.82) is 0 Å². The number of amides is 1. The third-order valence-corrected chi connectivity index (χ3v) is 4.26. The summed E-state index contributed by atoms with van der Waals surface area (Å²) in [7, 11) is 0. The molecule has 10 heteroatoms. The Morgan fingerprint density at radius 1 is 1.14 bits per heavy atom. The first-order chi connectivity index (χ1) is 13.8. The average Bonchev–Trinajstić information content (AvgIpc) is 3.03. The number of nitrogens with zero attached hydrogens (tertiary/aromatic N) is 2. The molecule has 1 unspecified atom stereocenters. The summed E-state index contributed by atoms with van der Waals surface area (Å²) in [5.41, 5.74) is -0.478. The van der Waals surface area contributed by atoms with E-state index in [9.17, 15) is 23.5 Å². The molecule has 1 heterocycles. The number of aromatic hydroxyl groups is 1. The SMILES string of the molecule is O=C(O)CC(NC(=O)c1cc(O)n(-c2ccccc2F)n1)c1ccc(Cl)cc1F. The Morgan fingerprint density at radius 2 is 1.86 bits per heavy atom. The van der Waals surface area contributed by atoms with Crippen molar-refractivity contribution in [2.24, 2.45) is 0 Å². The fourth-order valence-electron chi connectivity index (χ4n) is 2.71. The van der Waals surface area contributed by atoms with Crippen LogP contribution in [0.1, 0.15) is 28.5 Å². The average molecular weight is 422 g/mol. The second kappa shape index (κ2) is 8.27. The number of carbonyl (C=O) groups is 2. The number of rotatable bonds is 6. The van der Waals surface area contributed by atoms with Gasteiger partial charge in [-0.3, -0.25) is 9.59 Å². The Balaban J connectivity index is 1.90. The third kappa shape index (κ3) is 4.52. The van der Waals surface area contributed by atoms with Crippen LogP contribution in [-0.2, 0) is 4.79 Å². The van der Waals surface area contributed by atoms with Crippen molar-refractivity contribution in [3.05, 3.63) is 76.4 Å². The van der Waals surface area contributed by atoms with Crippen molar-refractivity contribution in [2.75, 3.05) is 0 Å². The molecule has 29 heavy (non-hydrogen) atoms. The van der Waals surface area contributed by atoms with Gasteiger partial charge in [-0.25, -0.2) is 8.78 Å². The van der Waals surface area contributed by atoms with Crippen molar-refractivity contribution in [2.45, 2.75) is 12.5 Å². The van der Waals surface area contributed by atoms with E-state index in [1.54, 1.807) is 0 Å². The van der Waals surface area contributed by atoms with Crippen molar-refractivity contribution < 1.29 is 28.6 Å². The molecule has 3 N–H and O–H groups in total. The highest BCUT2D eigenvalue weighted by molar-refractivity contribution is 6.30. The quantitative estimate of drug-likeness (QED) is 0.565. The lowest BCUT2D eigenvalue weighted by molar-refractivity contribution is -0.137. The molecule has 1 amide bonds. The number of carboxylic acids is 1. The summed E-state index contributed by atoms with van der Waals surface area (Å²) in [4.78, 5) is 23.7. The lowest BCUT2D eigenvalue weighted by Gasteiger charge is -2.17. The van der Waals surface area contributed by atoms with Gasteiger partial charge in [0.05, 0.1) is 12.5 Å². The zero-order valence-corrected chi connectivity index (χ0v) is 15.4. The van der Waals surface area contributed by atoms with Crippen LogP contribution in [0.25, 0.3) is 5.69 Å². The molecule has 0 saturated heterocycles. The van der Waals surface area contributed by atoms with Gasteiger partial charge in [-0.1, -0.05) is 29.8 Å². The molecule has 0 spiro atoms. The van der Waals surface area contributed by atoms with E-state index in [0.29, 0.717) is 0 Å². The molecule has 0 aliphatic heterocycles. The number of hydrogen-bond acceptors (Lipinski definition) is 4. The zero-order chi connectivity index (χ0) is 21.1. The van der Waals surface area contributed by atoms with E-state index in [0.717, 1.165) is 22.9 Å². The first kappa shape index (κ1) is 20.3. The van der Waals surface area contributed by atoms with E-state index in [1.165, 1.54) is 30.3 Å². The number of carbonyl (C=O) groups excluding carboxylic acids is 1. The Kier molecular flexibility index (Phi) is 5.79. The van der Waals surface area contributed by atoms with Gasteiger partial charge in [0.25, 0.3) is 5.91 Å². The molecular formula is C19H14ClF2N3O4. The predicted molar refractivity (Wildman–Crippen MR) is 99.1 cm³/mol. The minimum atomic E-state index is -1.27. The van der Waals surface area contributed by atoms with Gasteiger partial charge >= 0.3 is 5.97 Å². The Labute approximate surface area is 168 Å². The first-order valence-electron chi connectivity index (χ1n) is 8.28. The van der Waals surface area contributed by atoms with Gasteiger partial charge in [0.15, 0.2) is 5.69 Å². The summed E-state index contributed by atoms with van der Waals surface area (Å²) in [6.45, 7) is 0. The molecule has 0 bridgehead atoms. The normalized spacial score (nSPS) is 11.8. The van der Waals surface area contributed by atoms with Gasteiger partial charge in [-0.15, -0.1) is 0 Å². The monoisotopic (exact) mass is 421 g/mol. The summed E-state index contributed by atoms with van der Waals surface area (Å²) in [6.07, 6.45) is -0.607. The number of aromatic nitrogens is 2. The maximum atomic E-state index is 14.2. The second-order valence-electron chi connectivity index (χ2n) is 6.04. The molecule has 1 aromatic heterocycles. The highest BCUT2D eigenvalue weighted by Gasteiger charge is 2.24. The summed E-state index contributed by atoms with van der Waals surface area (Å²) >= 11 is 5.71. The van der Waals surface area contributed by atoms with Gasteiger partial charge in [-0.2, -0.15) is 9.78 Å². The summed E-state index contributed by atoms with van der Waals surface area (Å²) in [5.74, 6) is -4.12. The largest absolute Gasteiger partial charge is 0.493 e. The van der Waals surface area contributed by atoms with Crippen molar-refractivity contribution in [3.63, 3.8) is 0 Å². The molecule has 3 aromatic rings. The second-order valence-corrected chi connectivity index (χ2v) is 6.48. The highest BCUT2D eigenvalue weighted by Crippen LogP contribution is 2.25. The lowest BCUT2D eigenvalue weighted by atomic mass is 10.0. The van der Waals surface area contributed by atoms with Crippen LogP contribution in [0.4, 0.5) is 8.78 Å². The molecule has 2 aromatic carbocycles. The van der Waals surface area contributed by atoms with Gasteiger partial charge < -0.3 is 15.5 Å². The maximum Gasteiger partial charge on any atom is 0.305 e. The molecule has 3 rings (SSSR count). The minimum absolute atomic E-state index is 0.0806. The predicted octanol–water partition coefficient (Wildman–Crippen LogP) is 3.46. The fraction of sp³-hybridized carbons (Fsp3) is 0.105. The number of benzene rings is 2. The van der Waals surface area contributed by atoms with Crippen molar-refractivity contribution >= 4 is 23.5 Å². The van der Waals surface area contributed by atoms with Crippen molar-refractivity contribution in [3.8, 4) is 11.6 Å². The number of aliphatic carboxylic acids is 1. The van der Waals surface area contributed by atoms with E-state index >= 15 is 0 Å². The van der Waals surface area contributed by atoms with Gasteiger partial charge in [-0.05, 0) is 24.3 Å². The molecule has 0 fully saturated rings. The summed E-state index contributed by atoms with van der Waals surface area (Å²) < 4.78 is 29.0. The van der Waals surface area contributed by atoms with Crippen molar-refractivity contribution in [1.82, 2.24) is 15.1 Å². The molecule has 0 aliphatic rings. The van der Waals surface area contributed by atoms with Crippen LogP contribution in [0.2, 0.25) is 5.02 Å². The van der Waals surface area contributed by atoms with Gasteiger partial charge in [0.1, 0.15) is 17.3 Å². The molecule has 0 saturated carbocycles. The van der Waals surface area contributed by atoms with Crippen LogP contribution in [0.15, 0.2) is 48.5 Å². The van der Waals surface area contributed by atoms with Crippen LogP contribution >= 0.6 is 11.6 Å². The van der Waals surface area contributed by atoms with Gasteiger partial charge in [0, 0.05) is 16.7 Å². The molecular weight excluding hydrogens is 408 g/mol. The molecule has 0 radical (unpaired) electrons. The van der Waals surface area contributed by atoms with Crippen LogP contribution in [-0.4, -0.2) is 31.9 Å². The Bertz CT molecular complexity index is 1090. The smallest absolute Gasteiger partial charge is 0.305 e. The topological polar surface area (TPSA) is 104 Å². The number of nitrogens with one attached hydrogen (secondary N) is 1. The standard InChI is InChI=1S/C19H14ClF2N3O4/c20-10-5-6-11(13(22)7-10)14(9-18(27)28)23-19(29)15-8-17(26)25(24-15)16-4-2-1-3-12(16)21/h1-8,14,26H,9H2,(H,23,29)(H,27,28). The van der Waals surface area contributed by atoms with E-state index in [2.05, 4.69) is 10.4 Å². The van der Waals surface area contributed by atoms with E-state index in [-0.39, 0.29) is 22.0 Å². The Morgan fingerprint density at radius 3 is 2.52 bits per heavy atom. The van der Waals surface area contributed by atoms with Crippen LogP contribution < -0.4 is 5.32 Å². The number of hydrogen-bond donors (Lipinski definition) is 3. The van der Waals surface area contributed by atoms with E-state index in [4.69, 9.17) is 16.7 Å². The van der Waals surface area contributed by atoms with E-state index in [1.807, 2.05) is 0 Å². The summed E-state index contributed by atoms with van der Waals surface area (Å²) in [6, 6.07) is 8.85. The maximum absolute atomic E-state index is 14.2. The van der Waals surface area contributed by atoms with Crippen LogP contribution in [0.3, 0.4) is 0 Å². The third-order valence-electron chi connectivity index (χ3n) is 4.03. The number of halogens is 3. The fourth-order valence-corrected chi connectivity index (χ4v) is 2.87. The lowest BCUT2D eigenvalue weighted by Crippen LogP contribution is -2.31.